The normalized spacial score (nSPS) is 12.4. The van der Waals surface area contributed by atoms with Crippen molar-refractivity contribution in [2.45, 2.75) is 39.0 Å². The van der Waals surface area contributed by atoms with Gasteiger partial charge in [-0.2, -0.15) is 0 Å². The lowest BCUT2D eigenvalue weighted by molar-refractivity contribution is 0.838. The first-order valence-electron chi connectivity index (χ1n) is 3.97. The molecule has 0 radical (unpaired) electrons. The molecule has 0 aliphatic heterocycles. The highest BCUT2D eigenvalue weighted by molar-refractivity contribution is 6.22. The largest absolute Gasteiger partial charge is 0.118 e. The van der Waals surface area contributed by atoms with Gasteiger partial charge in [0.2, 0.25) is 0 Å². The van der Waals surface area contributed by atoms with Crippen LogP contribution in [0.25, 0.3) is 0 Å². The fraction of sp³-hybridized carbons (Fsp3) is 0.600. The fourth-order valence-electron chi connectivity index (χ4n) is 0.765. The van der Waals surface area contributed by atoms with Crippen LogP contribution in [0.5, 0.6) is 0 Å². The van der Waals surface area contributed by atoms with Gasteiger partial charge in [0.1, 0.15) is 0 Å². The molecule has 0 N–H and O–H groups in total. The van der Waals surface area contributed by atoms with Crippen LogP contribution in [0.1, 0.15) is 33.6 Å². The van der Waals surface area contributed by atoms with Crippen LogP contribution in [0.15, 0.2) is 23.8 Å². The topological polar surface area (TPSA) is 0 Å². The number of rotatable bonds is 4. The molecule has 0 saturated heterocycles. The van der Waals surface area contributed by atoms with Crippen LogP contribution in [0.3, 0.4) is 0 Å². The summed E-state index contributed by atoms with van der Waals surface area (Å²) >= 11 is 5.97. The molecule has 0 fully saturated rings. The van der Waals surface area contributed by atoms with Gasteiger partial charge in [-0.1, -0.05) is 23.8 Å². The first-order valence-corrected chi connectivity index (χ1v) is 4.40. The van der Waals surface area contributed by atoms with Crippen molar-refractivity contribution in [3.05, 3.63) is 23.8 Å². The summed E-state index contributed by atoms with van der Waals surface area (Å²) in [5.74, 6) is 0. The van der Waals surface area contributed by atoms with Crippen molar-refractivity contribution in [2.24, 2.45) is 0 Å². The lowest BCUT2D eigenvalue weighted by Gasteiger charge is -2.05. The molecule has 0 aromatic carbocycles. The van der Waals surface area contributed by atoms with Gasteiger partial charge in [0.05, 0.1) is 5.38 Å². The van der Waals surface area contributed by atoms with Crippen molar-refractivity contribution in [3.8, 4) is 0 Å². The second kappa shape index (κ2) is 5.42. The van der Waals surface area contributed by atoms with Crippen molar-refractivity contribution in [1.82, 2.24) is 0 Å². The molecule has 0 aliphatic rings. The molecule has 0 heterocycles. The number of hydrogen-bond donors (Lipinski definition) is 0. The van der Waals surface area contributed by atoms with Crippen LogP contribution < -0.4 is 0 Å². The minimum Gasteiger partial charge on any atom is -0.118 e. The maximum Gasteiger partial charge on any atom is 0.0542 e. The van der Waals surface area contributed by atoms with E-state index in [2.05, 4.69) is 26.5 Å². The maximum atomic E-state index is 5.97. The summed E-state index contributed by atoms with van der Waals surface area (Å²) in [6.45, 7) is 9.97. The maximum absolute atomic E-state index is 5.97. The molecule has 1 unspecified atom stereocenters. The summed E-state index contributed by atoms with van der Waals surface area (Å²) in [6.07, 6.45) is 4.27. The smallest absolute Gasteiger partial charge is 0.0542 e. The predicted octanol–water partition coefficient (Wildman–Crippen LogP) is 3.92. The van der Waals surface area contributed by atoms with Crippen LogP contribution in [0.4, 0.5) is 0 Å². The van der Waals surface area contributed by atoms with E-state index in [-0.39, 0.29) is 5.38 Å². The van der Waals surface area contributed by atoms with Crippen LogP contribution >= 0.6 is 11.6 Å². The average Bonchev–Trinajstić information content (AvgIpc) is 1.86. The monoisotopic (exact) mass is 172 g/mol. The molecule has 0 rings (SSSR count). The molecule has 0 amide bonds. The van der Waals surface area contributed by atoms with E-state index in [0.29, 0.717) is 0 Å². The van der Waals surface area contributed by atoms with Gasteiger partial charge < -0.3 is 0 Å². The number of alkyl halides is 1. The highest BCUT2D eigenvalue weighted by Crippen LogP contribution is 2.14. The number of hydrogen-bond acceptors (Lipinski definition) is 0. The lowest BCUT2D eigenvalue weighted by atomic mass is 10.1. The van der Waals surface area contributed by atoms with Crippen LogP contribution in [-0.4, -0.2) is 5.38 Å². The summed E-state index contributed by atoms with van der Waals surface area (Å²) in [5.41, 5.74) is 2.42. The molecule has 1 heteroatoms. The zero-order chi connectivity index (χ0) is 8.85. The Bertz CT molecular complexity index is 152. The summed E-state index contributed by atoms with van der Waals surface area (Å²) < 4.78 is 0. The van der Waals surface area contributed by atoms with Gasteiger partial charge in [-0.3, -0.25) is 0 Å². The molecular weight excluding hydrogens is 156 g/mol. The first-order chi connectivity index (χ1) is 5.04. The van der Waals surface area contributed by atoms with Crippen molar-refractivity contribution in [3.63, 3.8) is 0 Å². The van der Waals surface area contributed by atoms with Crippen LogP contribution in [0, 0.1) is 0 Å². The first kappa shape index (κ1) is 10.8. The van der Waals surface area contributed by atoms with E-state index in [1.54, 1.807) is 0 Å². The standard InChI is InChI=1S/C10H17Cl/c1-8(2)6-5-7-10(11)9(3)4/h6,10H,3,5,7H2,1-2,4H3. The minimum atomic E-state index is 0.144. The van der Waals surface area contributed by atoms with Crippen molar-refractivity contribution < 1.29 is 0 Å². The van der Waals surface area contributed by atoms with E-state index in [4.69, 9.17) is 11.6 Å². The molecule has 0 saturated carbocycles. The van der Waals surface area contributed by atoms with E-state index < -0.39 is 0 Å². The Labute approximate surface area is 74.9 Å². The zero-order valence-corrected chi connectivity index (χ0v) is 8.41. The highest BCUT2D eigenvalue weighted by Gasteiger charge is 2.01. The quantitative estimate of drug-likeness (QED) is 0.446. The molecule has 64 valence electrons. The summed E-state index contributed by atoms with van der Waals surface area (Å²) in [7, 11) is 0. The second-order valence-electron chi connectivity index (χ2n) is 3.17. The third kappa shape index (κ3) is 6.18. The Morgan fingerprint density at radius 3 is 2.36 bits per heavy atom. The van der Waals surface area contributed by atoms with Gasteiger partial charge in [0.25, 0.3) is 0 Å². The fourth-order valence-corrected chi connectivity index (χ4v) is 0.891. The zero-order valence-electron chi connectivity index (χ0n) is 7.65. The third-order valence-corrected chi connectivity index (χ3v) is 2.10. The summed E-state index contributed by atoms with van der Waals surface area (Å²) in [6, 6.07) is 0. The second-order valence-corrected chi connectivity index (χ2v) is 3.70. The lowest BCUT2D eigenvalue weighted by Crippen LogP contribution is -1.97. The van der Waals surface area contributed by atoms with E-state index in [1.165, 1.54) is 5.57 Å². The van der Waals surface area contributed by atoms with Crippen molar-refractivity contribution >= 4 is 11.6 Å². The molecule has 0 spiro atoms. The Balaban J connectivity index is 3.55. The van der Waals surface area contributed by atoms with E-state index in [9.17, 15) is 0 Å². The Hall–Kier alpha value is -0.230. The molecular formula is C10H17Cl. The van der Waals surface area contributed by atoms with E-state index in [1.807, 2.05) is 6.92 Å². The van der Waals surface area contributed by atoms with Gasteiger partial charge in [0.15, 0.2) is 0 Å². The average molecular weight is 173 g/mol. The van der Waals surface area contributed by atoms with Crippen molar-refractivity contribution in [1.29, 1.82) is 0 Å². The van der Waals surface area contributed by atoms with Crippen molar-refractivity contribution in [2.75, 3.05) is 0 Å². The third-order valence-electron chi connectivity index (χ3n) is 1.51. The van der Waals surface area contributed by atoms with Gasteiger partial charge in [-0.25, -0.2) is 0 Å². The number of halogens is 1. The Morgan fingerprint density at radius 2 is 2.00 bits per heavy atom. The molecule has 0 aromatic heterocycles. The minimum absolute atomic E-state index is 0.144. The Morgan fingerprint density at radius 1 is 1.45 bits per heavy atom. The summed E-state index contributed by atoms with van der Waals surface area (Å²) in [5, 5.41) is 0.144. The van der Waals surface area contributed by atoms with Gasteiger partial charge in [0, 0.05) is 0 Å². The van der Waals surface area contributed by atoms with E-state index >= 15 is 0 Å². The summed E-state index contributed by atoms with van der Waals surface area (Å²) in [4.78, 5) is 0. The molecule has 11 heavy (non-hydrogen) atoms. The molecule has 0 nitrogen and oxygen atoms in total. The molecule has 0 aromatic rings. The molecule has 0 bridgehead atoms. The van der Waals surface area contributed by atoms with Crippen LogP contribution in [0.2, 0.25) is 0 Å². The highest BCUT2D eigenvalue weighted by atomic mass is 35.5. The SMILES string of the molecule is C=C(C)C(Cl)CCC=C(C)C. The van der Waals surface area contributed by atoms with Gasteiger partial charge in [-0.15, -0.1) is 11.6 Å². The van der Waals surface area contributed by atoms with Gasteiger partial charge >= 0.3 is 0 Å². The van der Waals surface area contributed by atoms with E-state index in [0.717, 1.165) is 18.4 Å². The molecule has 1 atom stereocenters. The van der Waals surface area contributed by atoms with Crippen LogP contribution in [-0.2, 0) is 0 Å². The molecule has 0 aliphatic carbocycles. The number of allylic oxidation sites excluding steroid dienone is 3. The Kier molecular flexibility index (Phi) is 5.31. The predicted molar refractivity (Wildman–Crippen MR) is 53.1 cm³/mol. The van der Waals surface area contributed by atoms with Gasteiger partial charge in [-0.05, 0) is 33.6 Å².